The maximum absolute atomic E-state index is 10.9. The van der Waals surface area contributed by atoms with Crippen molar-refractivity contribution in [2.24, 2.45) is 0 Å². The van der Waals surface area contributed by atoms with Crippen molar-refractivity contribution in [3.8, 4) is 0 Å². The van der Waals surface area contributed by atoms with Gasteiger partial charge in [-0.3, -0.25) is 10.1 Å². The molecule has 0 bridgehead atoms. The minimum Gasteiger partial charge on any atom is -0.399 e. The van der Waals surface area contributed by atoms with E-state index in [0.717, 1.165) is 0 Å². The van der Waals surface area contributed by atoms with E-state index in [1.807, 2.05) is 0 Å². The summed E-state index contributed by atoms with van der Waals surface area (Å²) >= 11 is 9.39. The van der Waals surface area contributed by atoms with E-state index in [9.17, 15) is 10.1 Å². The van der Waals surface area contributed by atoms with E-state index in [2.05, 4.69) is 21.2 Å². The van der Waals surface area contributed by atoms with Crippen LogP contribution in [0.3, 0.4) is 0 Å². The van der Waals surface area contributed by atoms with E-state index in [1.54, 1.807) is 31.2 Å². The fraction of sp³-hybridized carbons (Fsp3) is 0.0769. The van der Waals surface area contributed by atoms with Gasteiger partial charge in [0.1, 0.15) is 0 Å². The van der Waals surface area contributed by atoms with E-state index in [0.29, 0.717) is 32.1 Å². The second-order valence-electron chi connectivity index (χ2n) is 4.24. The van der Waals surface area contributed by atoms with E-state index >= 15 is 0 Å². The Balaban J connectivity index is 2.42. The number of nitrogens with one attached hydrogen (secondary N) is 1. The van der Waals surface area contributed by atoms with Crippen molar-refractivity contribution in [1.82, 2.24) is 0 Å². The summed E-state index contributed by atoms with van der Waals surface area (Å²) in [5.74, 6) is 0. The molecule has 0 unspecified atom stereocenters. The molecule has 2 rings (SSSR count). The van der Waals surface area contributed by atoms with Crippen LogP contribution in [0.1, 0.15) is 5.56 Å². The average Bonchev–Trinajstić information content (AvgIpc) is 2.37. The van der Waals surface area contributed by atoms with Crippen LogP contribution in [0.25, 0.3) is 0 Å². The number of nitrogen functional groups attached to an aromatic ring is 1. The molecule has 0 aliphatic rings. The Morgan fingerprint density at radius 2 is 2.00 bits per heavy atom. The number of nitrogens with zero attached hydrogens (tertiary/aromatic N) is 1. The molecule has 0 saturated carbocycles. The number of anilines is 3. The van der Waals surface area contributed by atoms with Gasteiger partial charge in [-0.2, -0.15) is 0 Å². The number of aryl methyl sites for hydroxylation is 1. The lowest BCUT2D eigenvalue weighted by atomic mass is 10.1. The number of hydrogen-bond acceptors (Lipinski definition) is 4. The van der Waals surface area contributed by atoms with Gasteiger partial charge in [-0.25, -0.2) is 0 Å². The lowest BCUT2D eigenvalue weighted by Gasteiger charge is -2.12. The van der Waals surface area contributed by atoms with Crippen LogP contribution in [-0.2, 0) is 0 Å². The maximum atomic E-state index is 10.9. The molecule has 0 saturated heterocycles. The van der Waals surface area contributed by atoms with Crippen LogP contribution in [0.4, 0.5) is 22.7 Å². The fourth-order valence-corrected chi connectivity index (χ4v) is 2.34. The molecule has 0 heterocycles. The van der Waals surface area contributed by atoms with Crippen molar-refractivity contribution >= 4 is 50.3 Å². The topological polar surface area (TPSA) is 81.2 Å². The Kier molecular flexibility index (Phi) is 4.15. The molecular formula is C13H11BrClN3O2. The molecule has 0 amide bonds. The lowest BCUT2D eigenvalue weighted by molar-refractivity contribution is -0.385. The molecule has 0 atom stereocenters. The molecule has 0 aliphatic heterocycles. The van der Waals surface area contributed by atoms with Crippen molar-refractivity contribution in [2.75, 3.05) is 11.1 Å². The zero-order valence-corrected chi connectivity index (χ0v) is 12.8. The minimum absolute atomic E-state index is 0.0566. The molecule has 0 aliphatic carbocycles. The van der Waals surface area contributed by atoms with Crippen LogP contribution in [-0.4, -0.2) is 4.92 Å². The van der Waals surface area contributed by atoms with Gasteiger partial charge in [-0.15, -0.1) is 0 Å². The highest BCUT2D eigenvalue weighted by Crippen LogP contribution is 2.35. The summed E-state index contributed by atoms with van der Waals surface area (Å²) in [6, 6.07) is 8.22. The Morgan fingerprint density at radius 1 is 1.30 bits per heavy atom. The molecule has 2 aromatic rings. The first kappa shape index (κ1) is 14.6. The van der Waals surface area contributed by atoms with Gasteiger partial charge in [0.15, 0.2) is 0 Å². The SMILES string of the molecule is Cc1cc(Nc2cc(N)ccc2Cl)c(Br)cc1[N+](=O)[O-]. The summed E-state index contributed by atoms with van der Waals surface area (Å²) in [5.41, 5.74) is 8.22. The predicted molar refractivity (Wildman–Crippen MR) is 84.7 cm³/mol. The van der Waals surface area contributed by atoms with Crippen LogP contribution in [0, 0.1) is 17.0 Å². The minimum atomic E-state index is -0.419. The molecule has 0 spiro atoms. The second-order valence-corrected chi connectivity index (χ2v) is 5.50. The first-order valence-electron chi connectivity index (χ1n) is 5.65. The molecule has 5 nitrogen and oxygen atoms in total. The zero-order chi connectivity index (χ0) is 14.9. The molecule has 7 heteroatoms. The van der Waals surface area contributed by atoms with Crippen molar-refractivity contribution < 1.29 is 4.92 Å². The second kappa shape index (κ2) is 5.68. The van der Waals surface area contributed by atoms with E-state index in [-0.39, 0.29) is 5.69 Å². The first-order valence-corrected chi connectivity index (χ1v) is 6.82. The summed E-state index contributed by atoms with van der Waals surface area (Å²) < 4.78 is 0.577. The van der Waals surface area contributed by atoms with Gasteiger partial charge in [0.2, 0.25) is 0 Å². The van der Waals surface area contributed by atoms with E-state index in [1.165, 1.54) is 6.07 Å². The van der Waals surface area contributed by atoms with Crippen LogP contribution < -0.4 is 11.1 Å². The van der Waals surface area contributed by atoms with Crippen molar-refractivity contribution in [2.45, 2.75) is 6.92 Å². The normalized spacial score (nSPS) is 10.3. The molecule has 2 aromatic carbocycles. The van der Waals surface area contributed by atoms with Gasteiger partial charge in [0.25, 0.3) is 5.69 Å². The molecule has 0 radical (unpaired) electrons. The number of halogens is 2. The quantitative estimate of drug-likeness (QED) is 0.476. The Morgan fingerprint density at radius 3 is 2.65 bits per heavy atom. The van der Waals surface area contributed by atoms with E-state index in [4.69, 9.17) is 17.3 Å². The van der Waals surface area contributed by atoms with Crippen molar-refractivity contribution in [1.29, 1.82) is 0 Å². The van der Waals surface area contributed by atoms with Gasteiger partial charge in [0.05, 0.1) is 21.3 Å². The van der Waals surface area contributed by atoms with Gasteiger partial charge < -0.3 is 11.1 Å². The highest BCUT2D eigenvalue weighted by atomic mass is 79.9. The summed E-state index contributed by atoms with van der Waals surface area (Å²) in [5, 5.41) is 14.5. The molecule has 3 N–H and O–H groups in total. The number of nitro benzene ring substituents is 1. The standard InChI is InChI=1S/C13H11BrClN3O2/c1-7-4-11(9(14)6-13(7)18(19)20)17-12-5-8(16)2-3-10(12)15/h2-6,17H,16H2,1H3. The third-order valence-corrected chi connectivity index (χ3v) is 3.73. The number of nitro groups is 1. The Bertz CT molecular complexity index is 692. The monoisotopic (exact) mass is 355 g/mol. The predicted octanol–water partition coefficient (Wildman–Crippen LogP) is 4.64. The number of benzene rings is 2. The largest absolute Gasteiger partial charge is 0.399 e. The maximum Gasteiger partial charge on any atom is 0.273 e. The fourth-order valence-electron chi connectivity index (χ4n) is 1.75. The van der Waals surface area contributed by atoms with Crippen LogP contribution >= 0.6 is 27.5 Å². The smallest absolute Gasteiger partial charge is 0.273 e. The summed E-state index contributed by atoms with van der Waals surface area (Å²) in [6.07, 6.45) is 0. The first-order chi connectivity index (χ1) is 9.38. The molecule has 0 fully saturated rings. The van der Waals surface area contributed by atoms with Crippen LogP contribution in [0.2, 0.25) is 5.02 Å². The van der Waals surface area contributed by atoms with E-state index < -0.39 is 4.92 Å². The van der Waals surface area contributed by atoms with Gasteiger partial charge in [0, 0.05) is 21.8 Å². The average molecular weight is 357 g/mol. The van der Waals surface area contributed by atoms with Crippen LogP contribution in [0.15, 0.2) is 34.8 Å². The number of nitrogens with two attached hydrogens (primary N) is 1. The Hall–Kier alpha value is -1.79. The summed E-state index contributed by atoms with van der Waals surface area (Å²) in [4.78, 5) is 10.4. The van der Waals surface area contributed by atoms with Crippen LogP contribution in [0.5, 0.6) is 0 Å². The zero-order valence-electron chi connectivity index (χ0n) is 10.5. The molecular weight excluding hydrogens is 346 g/mol. The highest BCUT2D eigenvalue weighted by molar-refractivity contribution is 9.10. The Labute approximate surface area is 129 Å². The highest BCUT2D eigenvalue weighted by Gasteiger charge is 2.14. The molecule has 20 heavy (non-hydrogen) atoms. The van der Waals surface area contributed by atoms with Gasteiger partial charge in [-0.05, 0) is 47.1 Å². The third-order valence-electron chi connectivity index (χ3n) is 2.74. The number of hydrogen-bond donors (Lipinski definition) is 2. The third kappa shape index (κ3) is 3.02. The summed E-state index contributed by atoms with van der Waals surface area (Å²) in [6.45, 7) is 1.68. The molecule has 104 valence electrons. The molecule has 0 aromatic heterocycles. The summed E-state index contributed by atoms with van der Waals surface area (Å²) in [7, 11) is 0. The van der Waals surface area contributed by atoms with Crippen molar-refractivity contribution in [3.05, 3.63) is 55.5 Å². The van der Waals surface area contributed by atoms with Gasteiger partial charge in [-0.1, -0.05) is 11.6 Å². The van der Waals surface area contributed by atoms with Gasteiger partial charge >= 0.3 is 0 Å². The number of rotatable bonds is 3. The van der Waals surface area contributed by atoms with Crippen molar-refractivity contribution in [3.63, 3.8) is 0 Å². The lowest BCUT2D eigenvalue weighted by Crippen LogP contribution is -1.97.